The van der Waals surface area contributed by atoms with Crippen LogP contribution in [-0.4, -0.2) is 31.9 Å². The van der Waals surface area contributed by atoms with Crippen LogP contribution in [0.2, 0.25) is 0 Å². The molecule has 0 atom stereocenters. The fourth-order valence-electron chi connectivity index (χ4n) is 1.24. The van der Waals surface area contributed by atoms with Crippen LogP contribution >= 0.6 is 0 Å². The van der Waals surface area contributed by atoms with Gasteiger partial charge in [0, 0.05) is 18.8 Å². The molecule has 0 fully saturated rings. The normalized spacial score (nSPS) is 10.8. The number of nitrogens with two attached hydrogens (primary N) is 1. The Hall–Kier alpha value is -1.82. The first kappa shape index (κ1) is 9.72. The van der Waals surface area contributed by atoms with E-state index < -0.39 is 0 Å². The summed E-state index contributed by atoms with van der Waals surface area (Å²) in [6, 6.07) is 0. The van der Waals surface area contributed by atoms with Gasteiger partial charge in [-0.05, 0) is 19.0 Å². The largest absolute Gasteiger partial charge is 0.330 e. The molecule has 2 N–H and O–H groups in total. The van der Waals surface area contributed by atoms with Crippen molar-refractivity contribution in [3.63, 3.8) is 0 Å². The Kier molecular flexibility index (Phi) is 2.42. The van der Waals surface area contributed by atoms with Gasteiger partial charge in [0.1, 0.15) is 0 Å². The fraction of sp³-hybridized carbons (Fsp3) is 0.333. The molecule has 2 rings (SSSR count). The molecule has 0 aliphatic rings. The number of aryl methyl sites for hydroxylation is 1. The lowest BCUT2D eigenvalue weighted by Crippen LogP contribution is -2.09. The quantitative estimate of drug-likeness (QED) is 0.711. The highest BCUT2D eigenvalue weighted by Crippen LogP contribution is 2.02. The van der Waals surface area contributed by atoms with Gasteiger partial charge in [-0.3, -0.25) is 4.79 Å². The molecule has 6 heteroatoms. The highest BCUT2D eigenvalue weighted by molar-refractivity contribution is 5.92. The van der Waals surface area contributed by atoms with Crippen molar-refractivity contribution in [1.82, 2.24) is 19.6 Å². The van der Waals surface area contributed by atoms with Gasteiger partial charge in [0.15, 0.2) is 0 Å². The van der Waals surface area contributed by atoms with Crippen molar-refractivity contribution in [2.24, 2.45) is 5.73 Å². The van der Waals surface area contributed by atoms with Crippen LogP contribution in [0.15, 0.2) is 12.4 Å². The van der Waals surface area contributed by atoms with E-state index in [0.29, 0.717) is 12.3 Å². The molecule has 0 unspecified atom stereocenters. The molecule has 0 aliphatic heterocycles. The summed E-state index contributed by atoms with van der Waals surface area (Å²) < 4.78 is 1.50. The van der Waals surface area contributed by atoms with E-state index in [-0.39, 0.29) is 18.0 Å². The predicted molar refractivity (Wildman–Crippen MR) is 53.5 cm³/mol. The highest BCUT2D eigenvalue weighted by atomic mass is 16.1. The summed E-state index contributed by atoms with van der Waals surface area (Å²) in [6.45, 7) is 2.20. The number of carbonyl (C=O) groups excluding carboxylic acids is 1. The Balaban J connectivity index is 2.42. The molecule has 0 aromatic carbocycles. The molecule has 2 aromatic rings. The average Bonchev–Trinajstić information content (AvgIpc) is 2.60. The third kappa shape index (κ3) is 1.84. The van der Waals surface area contributed by atoms with E-state index in [0.717, 1.165) is 5.56 Å². The van der Waals surface area contributed by atoms with Gasteiger partial charge in [-0.15, -0.1) is 5.10 Å². The molecule has 0 amide bonds. The Morgan fingerprint density at radius 1 is 1.60 bits per heavy atom. The first-order chi connectivity index (χ1) is 7.20. The van der Waals surface area contributed by atoms with Gasteiger partial charge in [0.05, 0.1) is 0 Å². The number of hydrogen-bond acceptors (Lipinski definition) is 5. The second-order valence-electron chi connectivity index (χ2n) is 3.27. The van der Waals surface area contributed by atoms with E-state index in [2.05, 4.69) is 15.1 Å². The summed E-state index contributed by atoms with van der Waals surface area (Å²) in [5, 5.41) is 4.03. The Labute approximate surface area is 86.1 Å². The molecule has 2 aromatic heterocycles. The van der Waals surface area contributed by atoms with Crippen LogP contribution in [0.25, 0.3) is 5.78 Å². The SMILES string of the molecule is Cc1cnc2nc(C(=O)CCN)nn2c1. The van der Waals surface area contributed by atoms with Crippen LogP contribution in [-0.2, 0) is 0 Å². The lowest BCUT2D eigenvalue weighted by atomic mass is 10.3. The van der Waals surface area contributed by atoms with Gasteiger partial charge >= 0.3 is 0 Å². The predicted octanol–water partition coefficient (Wildman–Crippen LogP) is -0.0358. The molecule has 0 saturated carbocycles. The molecule has 0 aliphatic carbocycles. The average molecular weight is 205 g/mol. The summed E-state index contributed by atoms with van der Waals surface area (Å²) >= 11 is 0. The number of rotatable bonds is 3. The Bertz CT molecular complexity index is 504. The standard InChI is InChI=1S/C9H11N5O/c1-6-4-11-9-12-8(7(15)2-3-10)13-14(9)5-6/h4-5H,2-3,10H2,1H3. The van der Waals surface area contributed by atoms with Gasteiger partial charge in [-0.25, -0.2) is 9.50 Å². The minimum absolute atomic E-state index is 0.152. The minimum Gasteiger partial charge on any atom is -0.330 e. The fourth-order valence-corrected chi connectivity index (χ4v) is 1.24. The van der Waals surface area contributed by atoms with Crippen LogP contribution in [0.3, 0.4) is 0 Å². The summed E-state index contributed by atoms with van der Waals surface area (Å²) in [7, 11) is 0. The Morgan fingerprint density at radius 2 is 2.40 bits per heavy atom. The molecular weight excluding hydrogens is 194 g/mol. The molecule has 0 bridgehead atoms. The maximum Gasteiger partial charge on any atom is 0.252 e. The van der Waals surface area contributed by atoms with E-state index in [4.69, 9.17) is 5.73 Å². The number of carbonyl (C=O) groups is 1. The van der Waals surface area contributed by atoms with Crippen molar-refractivity contribution in [3.8, 4) is 0 Å². The van der Waals surface area contributed by atoms with Crippen LogP contribution in [0.5, 0.6) is 0 Å². The van der Waals surface area contributed by atoms with Gasteiger partial charge in [0.25, 0.3) is 5.78 Å². The maximum absolute atomic E-state index is 11.5. The molecule has 15 heavy (non-hydrogen) atoms. The smallest absolute Gasteiger partial charge is 0.252 e. The first-order valence-corrected chi connectivity index (χ1v) is 4.63. The molecule has 2 heterocycles. The molecule has 78 valence electrons. The summed E-state index contributed by atoms with van der Waals surface area (Å²) in [4.78, 5) is 19.5. The van der Waals surface area contributed by atoms with Crippen molar-refractivity contribution in [2.45, 2.75) is 13.3 Å². The number of aromatic nitrogens is 4. The summed E-state index contributed by atoms with van der Waals surface area (Å²) in [5.74, 6) is 0.458. The second-order valence-corrected chi connectivity index (χ2v) is 3.27. The third-order valence-electron chi connectivity index (χ3n) is 1.94. The van der Waals surface area contributed by atoms with Crippen molar-refractivity contribution >= 4 is 11.6 Å². The summed E-state index contributed by atoms with van der Waals surface area (Å²) in [6.07, 6.45) is 3.71. The minimum atomic E-state index is -0.152. The molecule has 0 saturated heterocycles. The Morgan fingerprint density at radius 3 is 3.13 bits per heavy atom. The lowest BCUT2D eigenvalue weighted by Gasteiger charge is -1.90. The van der Waals surface area contributed by atoms with Gasteiger partial charge in [0.2, 0.25) is 11.6 Å². The third-order valence-corrected chi connectivity index (χ3v) is 1.94. The zero-order valence-electron chi connectivity index (χ0n) is 8.34. The first-order valence-electron chi connectivity index (χ1n) is 4.63. The topological polar surface area (TPSA) is 86.2 Å². The van der Waals surface area contributed by atoms with Crippen LogP contribution in [0.1, 0.15) is 22.6 Å². The van der Waals surface area contributed by atoms with E-state index in [1.807, 2.05) is 6.92 Å². The van der Waals surface area contributed by atoms with Crippen LogP contribution in [0, 0.1) is 6.92 Å². The van der Waals surface area contributed by atoms with Gasteiger partial charge < -0.3 is 5.73 Å². The van der Waals surface area contributed by atoms with E-state index in [1.54, 1.807) is 12.4 Å². The number of nitrogens with zero attached hydrogens (tertiary/aromatic N) is 4. The van der Waals surface area contributed by atoms with Crippen molar-refractivity contribution in [3.05, 3.63) is 23.8 Å². The van der Waals surface area contributed by atoms with E-state index in [1.165, 1.54) is 4.52 Å². The number of fused-ring (bicyclic) bond motifs is 1. The molecular formula is C9H11N5O. The molecule has 0 radical (unpaired) electrons. The zero-order chi connectivity index (χ0) is 10.8. The number of ketones is 1. The molecule has 6 nitrogen and oxygen atoms in total. The van der Waals surface area contributed by atoms with Crippen molar-refractivity contribution < 1.29 is 4.79 Å². The lowest BCUT2D eigenvalue weighted by molar-refractivity contribution is 0.0975. The van der Waals surface area contributed by atoms with Crippen LogP contribution < -0.4 is 5.73 Å². The maximum atomic E-state index is 11.5. The number of hydrogen-bond donors (Lipinski definition) is 1. The van der Waals surface area contributed by atoms with Crippen LogP contribution in [0.4, 0.5) is 0 Å². The van der Waals surface area contributed by atoms with E-state index in [9.17, 15) is 4.79 Å². The van der Waals surface area contributed by atoms with Crippen molar-refractivity contribution in [1.29, 1.82) is 0 Å². The summed E-state index contributed by atoms with van der Waals surface area (Å²) in [5.41, 5.74) is 6.25. The van der Waals surface area contributed by atoms with Gasteiger partial charge in [-0.2, -0.15) is 4.98 Å². The van der Waals surface area contributed by atoms with Crippen molar-refractivity contribution in [2.75, 3.05) is 6.54 Å². The zero-order valence-corrected chi connectivity index (χ0v) is 8.34. The molecule has 0 spiro atoms. The second kappa shape index (κ2) is 3.74. The highest BCUT2D eigenvalue weighted by Gasteiger charge is 2.12. The number of Topliss-reactive ketones (excluding diaryl/α,β-unsaturated/α-hetero) is 1. The monoisotopic (exact) mass is 205 g/mol. The van der Waals surface area contributed by atoms with Gasteiger partial charge in [-0.1, -0.05) is 0 Å². The van der Waals surface area contributed by atoms with E-state index >= 15 is 0 Å².